The normalized spacial score (nSPS) is 43.9. The number of hydrogen-bond acceptors (Lipinski definition) is 3. The maximum Gasteiger partial charge on any atom is 0.337 e. The molecule has 9 atom stereocenters. The van der Waals surface area contributed by atoms with E-state index in [1.807, 2.05) is 12.1 Å². The highest BCUT2D eigenvalue weighted by Crippen LogP contribution is 2.77. The predicted octanol–water partition coefficient (Wildman–Crippen LogP) is 9.44. The van der Waals surface area contributed by atoms with Gasteiger partial charge in [-0.15, -0.1) is 0 Å². The first-order chi connectivity index (χ1) is 19.7. The van der Waals surface area contributed by atoms with Crippen molar-refractivity contribution in [2.24, 2.45) is 51.2 Å². The van der Waals surface area contributed by atoms with Crippen molar-refractivity contribution in [1.29, 1.82) is 0 Å². The van der Waals surface area contributed by atoms with Crippen LogP contribution in [0.4, 0.5) is 0 Å². The second-order valence-electron chi connectivity index (χ2n) is 16.8. The molecule has 42 heavy (non-hydrogen) atoms. The molecule has 5 aliphatic rings. The molecule has 6 rings (SSSR count). The Hall–Kier alpha value is -1.87. The van der Waals surface area contributed by atoms with E-state index in [2.05, 4.69) is 85.3 Å². The maximum atomic E-state index is 12.1. The highest BCUT2D eigenvalue weighted by Gasteiger charge is 2.70. The summed E-state index contributed by atoms with van der Waals surface area (Å²) in [7, 11) is 6.19. The topological polar surface area (TPSA) is 29.5 Å². The van der Waals surface area contributed by atoms with Gasteiger partial charge in [-0.05, 0) is 153 Å². The monoisotopic (exact) mass is 571 g/mol. The fraction of sp³-hybridized carbons (Fsp3) is 0.718. The number of methoxy groups -OCH3 is 1. The molecule has 1 aromatic carbocycles. The molecule has 0 saturated heterocycles. The van der Waals surface area contributed by atoms with E-state index in [9.17, 15) is 4.79 Å². The average molecular weight is 572 g/mol. The molecule has 0 unspecified atom stereocenters. The standard InChI is InChI=1S/C39H57NO2/c1-25(2)28-17-22-39(40(8)9)24-23-37(6)30(33(28)39)15-16-32-36(5)20-18-29(26-11-13-27(14-12-26)34(41)42-10)35(3,4)31(36)19-21-38(32,37)7/h11-14,18,28,30-33H,1,15-17,19-24H2,2-10H3/t28-,30+,31-,32+,33+,36-,37+,38+,39-/m0/s1. The Labute approximate surface area is 256 Å². The second kappa shape index (κ2) is 9.82. The molecule has 0 N–H and O–H groups in total. The highest BCUT2D eigenvalue weighted by atomic mass is 16.5. The molecule has 0 amide bonds. The zero-order valence-corrected chi connectivity index (χ0v) is 28.1. The minimum Gasteiger partial charge on any atom is -0.465 e. The van der Waals surface area contributed by atoms with Gasteiger partial charge in [-0.2, -0.15) is 0 Å². The molecule has 0 heterocycles. The number of benzene rings is 1. The number of ether oxygens (including phenoxy) is 1. The number of allylic oxidation sites excluding steroid dienone is 3. The molecule has 0 spiro atoms. The van der Waals surface area contributed by atoms with Crippen LogP contribution in [0.15, 0.2) is 42.5 Å². The number of nitrogens with zero attached hydrogens (tertiary/aromatic N) is 1. The van der Waals surface area contributed by atoms with Crippen molar-refractivity contribution in [3.8, 4) is 0 Å². The van der Waals surface area contributed by atoms with Gasteiger partial charge >= 0.3 is 5.97 Å². The van der Waals surface area contributed by atoms with E-state index in [0.29, 0.717) is 39.2 Å². The number of esters is 1. The lowest BCUT2D eigenvalue weighted by molar-refractivity contribution is -0.225. The first-order valence-electron chi connectivity index (χ1n) is 16.9. The van der Waals surface area contributed by atoms with Crippen LogP contribution < -0.4 is 0 Å². The van der Waals surface area contributed by atoms with E-state index in [0.717, 1.165) is 24.2 Å². The lowest BCUT2D eigenvalue weighted by Crippen LogP contribution is -2.67. The van der Waals surface area contributed by atoms with Gasteiger partial charge in [-0.25, -0.2) is 4.79 Å². The molecule has 1 aromatic rings. The molecule has 0 aromatic heterocycles. The van der Waals surface area contributed by atoms with Crippen LogP contribution in [0.3, 0.4) is 0 Å². The highest BCUT2D eigenvalue weighted by molar-refractivity contribution is 5.89. The van der Waals surface area contributed by atoms with Crippen molar-refractivity contribution in [2.45, 2.75) is 105 Å². The Kier molecular flexibility index (Phi) is 7.05. The van der Waals surface area contributed by atoms with Crippen LogP contribution >= 0.6 is 0 Å². The third kappa shape index (κ3) is 3.83. The summed E-state index contributed by atoms with van der Waals surface area (Å²) in [5, 5.41) is 0. The largest absolute Gasteiger partial charge is 0.465 e. The predicted molar refractivity (Wildman–Crippen MR) is 174 cm³/mol. The van der Waals surface area contributed by atoms with Crippen molar-refractivity contribution < 1.29 is 9.53 Å². The fourth-order valence-corrected chi connectivity index (χ4v) is 12.9. The van der Waals surface area contributed by atoms with Gasteiger partial charge in [0, 0.05) is 5.54 Å². The van der Waals surface area contributed by atoms with Gasteiger partial charge in [0.05, 0.1) is 12.7 Å². The summed E-state index contributed by atoms with van der Waals surface area (Å²) in [6.45, 7) is 20.1. The molecule has 0 bridgehead atoms. The average Bonchev–Trinajstić information content (AvgIpc) is 3.34. The molecule has 3 nitrogen and oxygen atoms in total. The van der Waals surface area contributed by atoms with Crippen LogP contribution in [0.2, 0.25) is 0 Å². The number of rotatable bonds is 4. The van der Waals surface area contributed by atoms with Gasteiger partial charge in [-0.1, -0.05) is 65.0 Å². The lowest BCUT2D eigenvalue weighted by Gasteiger charge is -2.72. The quantitative estimate of drug-likeness (QED) is 0.266. The van der Waals surface area contributed by atoms with Gasteiger partial charge < -0.3 is 9.64 Å². The second-order valence-corrected chi connectivity index (χ2v) is 16.8. The minimum absolute atomic E-state index is 0.0853. The van der Waals surface area contributed by atoms with Gasteiger partial charge in [0.15, 0.2) is 0 Å². The molecule has 5 aliphatic carbocycles. The first-order valence-corrected chi connectivity index (χ1v) is 16.9. The van der Waals surface area contributed by atoms with E-state index in [1.54, 1.807) is 0 Å². The smallest absolute Gasteiger partial charge is 0.337 e. The van der Waals surface area contributed by atoms with E-state index in [-0.39, 0.29) is 11.4 Å². The third-order valence-corrected chi connectivity index (χ3v) is 15.1. The zero-order chi connectivity index (χ0) is 30.5. The maximum absolute atomic E-state index is 12.1. The molecular weight excluding hydrogens is 514 g/mol. The molecule has 230 valence electrons. The van der Waals surface area contributed by atoms with E-state index < -0.39 is 0 Å². The zero-order valence-electron chi connectivity index (χ0n) is 28.1. The SMILES string of the molecule is C=C(C)[C@@H]1CC[C@]2(N(C)C)CC[C@]3(C)[C@H](CC[C@@H]4[C@@]5(C)CC=C(c6ccc(C(=O)OC)cc6)C(C)(C)[C@@H]5CC[C@]43C)[C@@H]12. The third-order valence-electron chi connectivity index (χ3n) is 15.1. The van der Waals surface area contributed by atoms with Crippen LogP contribution in [0.5, 0.6) is 0 Å². The molecule has 0 radical (unpaired) electrons. The summed E-state index contributed by atoms with van der Waals surface area (Å²) < 4.78 is 4.95. The van der Waals surface area contributed by atoms with Crippen molar-refractivity contribution in [2.75, 3.05) is 21.2 Å². The fourth-order valence-electron chi connectivity index (χ4n) is 12.9. The summed E-state index contributed by atoms with van der Waals surface area (Å²) >= 11 is 0. The number of carbonyl (C=O) groups excluding carboxylic acids is 1. The molecule has 0 aliphatic heterocycles. The Bertz CT molecular complexity index is 1290. The molecular formula is C39H57NO2. The summed E-state index contributed by atoms with van der Waals surface area (Å²) in [4.78, 5) is 14.7. The lowest BCUT2D eigenvalue weighted by atomic mass is 9.33. The van der Waals surface area contributed by atoms with E-state index in [4.69, 9.17) is 4.74 Å². The van der Waals surface area contributed by atoms with Crippen molar-refractivity contribution in [1.82, 2.24) is 4.90 Å². The molecule has 3 heteroatoms. The summed E-state index contributed by atoms with van der Waals surface area (Å²) in [5.41, 5.74) is 6.28. The minimum atomic E-state index is -0.264. The van der Waals surface area contributed by atoms with Gasteiger partial charge in [0.25, 0.3) is 0 Å². The van der Waals surface area contributed by atoms with Crippen LogP contribution in [0.25, 0.3) is 5.57 Å². The van der Waals surface area contributed by atoms with Crippen molar-refractivity contribution >= 4 is 11.5 Å². The Balaban J connectivity index is 1.35. The van der Waals surface area contributed by atoms with Crippen LogP contribution in [-0.2, 0) is 4.74 Å². The van der Waals surface area contributed by atoms with Crippen LogP contribution in [0.1, 0.15) is 115 Å². The number of carbonyl (C=O) groups is 1. The summed E-state index contributed by atoms with van der Waals surface area (Å²) in [6, 6.07) is 8.15. The van der Waals surface area contributed by atoms with Crippen molar-refractivity contribution in [3.05, 3.63) is 53.6 Å². The van der Waals surface area contributed by atoms with Crippen LogP contribution in [0, 0.1) is 51.2 Å². The summed E-state index contributed by atoms with van der Waals surface area (Å²) in [5.74, 6) is 3.35. The van der Waals surface area contributed by atoms with Crippen molar-refractivity contribution in [3.63, 3.8) is 0 Å². The molecule has 4 saturated carbocycles. The van der Waals surface area contributed by atoms with Gasteiger partial charge in [-0.3, -0.25) is 0 Å². The van der Waals surface area contributed by atoms with Gasteiger partial charge in [0.2, 0.25) is 0 Å². The number of fused-ring (bicyclic) bond motifs is 7. The van der Waals surface area contributed by atoms with E-state index in [1.165, 1.54) is 75.2 Å². The van der Waals surface area contributed by atoms with E-state index >= 15 is 0 Å². The summed E-state index contributed by atoms with van der Waals surface area (Å²) in [6.07, 6.45) is 14.6. The van der Waals surface area contributed by atoms with Gasteiger partial charge in [0.1, 0.15) is 0 Å². The molecule has 4 fully saturated rings. The number of hydrogen-bond donors (Lipinski definition) is 0. The first kappa shape index (κ1) is 30.2. The Morgan fingerprint density at radius 1 is 0.881 bits per heavy atom. The Morgan fingerprint density at radius 2 is 1.57 bits per heavy atom. The van der Waals surface area contributed by atoms with Crippen LogP contribution in [-0.4, -0.2) is 37.6 Å². The Morgan fingerprint density at radius 3 is 2.19 bits per heavy atom.